The molecule has 0 atom stereocenters. The molecule has 3 rings (SSSR count). The Morgan fingerprint density at radius 2 is 1.93 bits per heavy atom. The molecule has 1 aliphatic heterocycles. The number of likely N-dealkylation sites (N-methyl/N-ethyl adjacent to an activating group) is 1. The highest BCUT2D eigenvalue weighted by atomic mass is 32.2. The summed E-state index contributed by atoms with van der Waals surface area (Å²) < 4.78 is 12.6. The molecule has 2 aromatic carbocycles. The number of allylic oxidation sites excluding steroid dienone is 1. The van der Waals surface area contributed by atoms with Crippen LogP contribution in [0, 0.1) is 0 Å². The molecule has 0 saturated carbocycles. The van der Waals surface area contributed by atoms with Crippen LogP contribution in [0.4, 0.5) is 0 Å². The Morgan fingerprint density at radius 1 is 1.17 bits per heavy atom. The average Bonchev–Trinajstić information content (AvgIpc) is 3.01. The third-order valence-corrected chi connectivity index (χ3v) is 5.91. The summed E-state index contributed by atoms with van der Waals surface area (Å²) in [5.74, 6) is 1.31. The largest absolute Gasteiger partial charge is 0.490 e. The molecule has 30 heavy (non-hydrogen) atoms. The number of thioether (sulfide) groups is 1. The predicted molar refractivity (Wildman–Crippen MR) is 128 cm³/mol. The fraction of sp³-hybridized carbons (Fsp3) is 0.250. The highest BCUT2D eigenvalue weighted by Gasteiger charge is 2.30. The highest BCUT2D eigenvalue weighted by Crippen LogP contribution is 2.37. The second kappa shape index (κ2) is 10.5. The Hall–Kier alpha value is -2.57. The Morgan fingerprint density at radius 3 is 2.57 bits per heavy atom. The van der Waals surface area contributed by atoms with E-state index in [2.05, 4.69) is 6.58 Å². The minimum atomic E-state index is -0.0554. The molecule has 0 spiro atoms. The van der Waals surface area contributed by atoms with Crippen molar-refractivity contribution in [2.45, 2.75) is 26.9 Å². The lowest BCUT2D eigenvalue weighted by Crippen LogP contribution is -2.27. The fourth-order valence-corrected chi connectivity index (χ4v) is 4.54. The van der Waals surface area contributed by atoms with Crippen LogP contribution < -0.4 is 9.47 Å². The normalized spacial score (nSPS) is 15.0. The Kier molecular flexibility index (Phi) is 7.71. The van der Waals surface area contributed by atoms with Crippen molar-refractivity contribution in [3.63, 3.8) is 0 Å². The summed E-state index contributed by atoms with van der Waals surface area (Å²) in [5.41, 5.74) is 2.92. The van der Waals surface area contributed by atoms with E-state index in [-0.39, 0.29) is 5.91 Å². The maximum Gasteiger partial charge on any atom is 0.266 e. The molecular weight excluding hydrogens is 414 g/mol. The van der Waals surface area contributed by atoms with Crippen molar-refractivity contribution in [1.29, 1.82) is 0 Å². The van der Waals surface area contributed by atoms with E-state index in [1.807, 2.05) is 68.5 Å². The predicted octanol–water partition coefficient (Wildman–Crippen LogP) is 5.61. The van der Waals surface area contributed by atoms with Crippen molar-refractivity contribution in [3.8, 4) is 11.5 Å². The van der Waals surface area contributed by atoms with Crippen LogP contribution in [0.5, 0.6) is 11.5 Å². The molecule has 2 aromatic rings. The number of nitrogens with zero attached hydrogens (tertiary/aromatic N) is 1. The Bertz CT molecular complexity index is 970. The molecular formula is C24H25NO3S2. The number of ether oxygens (including phenoxy) is 2. The molecule has 0 bridgehead atoms. The van der Waals surface area contributed by atoms with Gasteiger partial charge in [0.15, 0.2) is 11.5 Å². The number of amides is 1. The van der Waals surface area contributed by atoms with Crippen molar-refractivity contribution in [2.24, 2.45) is 0 Å². The van der Waals surface area contributed by atoms with Crippen LogP contribution in [0.25, 0.3) is 6.08 Å². The molecule has 0 unspecified atom stereocenters. The topological polar surface area (TPSA) is 38.8 Å². The number of carbonyl (C=O) groups is 1. The monoisotopic (exact) mass is 439 g/mol. The van der Waals surface area contributed by atoms with Gasteiger partial charge >= 0.3 is 0 Å². The average molecular weight is 440 g/mol. The number of rotatable bonds is 9. The van der Waals surface area contributed by atoms with Crippen molar-refractivity contribution < 1.29 is 14.3 Å². The summed E-state index contributed by atoms with van der Waals surface area (Å²) >= 11 is 6.64. The standard InChI is InChI=1S/C24H25NO3S2/c1-4-10-19-13-18(15-21-23(26)25(5-2)24(29)30-21)14-20(27-6-3)22(19)28-16-17-11-8-7-9-12-17/h4,7-9,11-15H,1,5-6,10,16H2,2-3H3/b21-15+. The molecule has 0 radical (unpaired) electrons. The second-order valence-electron chi connectivity index (χ2n) is 6.63. The zero-order chi connectivity index (χ0) is 21.5. The molecule has 1 heterocycles. The van der Waals surface area contributed by atoms with Crippen LogP contribution in [-0.4, -0.2) is 28.3 Å². The van der Waals surface area contributed by atoms with Crippen molar-refractivity contribution in [1.82, 2.24) is 4.90 Å². The molecule has 1 saturated heterocycles. The van der Waals surface area contributed by atoms with Gasteiger partial charge in [0, 0.05) is 12.1 Å². The summed E-state index contributed by atoms with van der Waals surface area (Å²) in [4.78, 5) is 14.8. The summed E-state index contributed by atoms with van der Waals surface area (Å²) in [6.07, 6.45) is 4.33. The first-order valence-electron chi connectivity index (χ1n) is 9.90. The van der Waals surface area contributed by atoms with Gasteiger partial charge in [-0.25, -0.2) is 0 Å². The van der Waals surface area contributed by atoms with Crippen LogP contribution in [0.3, 0.4) is 0 Å². The zero-order valence-electron chi connectivity index (χ0n) is 17.2. The number of hydrogen-bond donors (Lipinski definition) is 0. The Labute approximate surface area is 187 Å². The van der Waals surface area contributed by atoms with Gasteiger partial charge in [-0.2, -0.15) is 0 Å². The highest BCUT2D eigenvalue weighted by molar-refractivity contribution is 8.26. The van der Waals surface area contributed by atoms with E-state index >= 15 is 0 Å². The number of hydrogen-bond acceptors (Lipinski definition) is 5. The van der Waals surface area contributed by atoms with Crippen LogP contribution in [0.2, 0.25) is 0 Å². The lowest BCUT2D eigenvalue weighted by atomic mass is 10.0. The van der Waals surface area contributed by atoms with Crippen molar-refractivity contribution in [2.75, 3.05) is 13.2 Å². The minimum absolute atomic E-state index is 0.0554. The van der Waals surface area contributed by atoms with E-state index < -0.39 is 0 Å². The summed E-state index contributed by atoms with van der Waals surface area (Å²) in [6.45, 7) is 9.25. The molecule has 4 nitrogen and oxygen atoms in total. The molecule has 1 amide bonds. The second-order valence-corrected chi connectivity index (χ2v) is 8.31. The van der Waals surface area contributed by atoms with Gasteiger partial charge in [0.25, 0.3) is 5.91 Å². The maximum atomic E-state index is 12.6. The molecule has 1 fully saturated rings. The first kappa shape index (κ1) is 22.1. The van der Waals surface area contributed by atoms with Gasteiger partial charge in [0.1, 0.15) is 10.9 Å². The summed E-state index contributed by atoms with van der Waals surface area (Å²) in [5, 5.41) is 0. The quantitative estimate of drug-likeness (QED) is 0.288. The van der Waals surface area contributed by atoms with Gasteiger partial charge < -0.3 is 9.47 Å². The van der Waals surface area contributed by atoms with Crippen LogP contribution in [-0.2, 0) is 17.8 Å². The fourth-order valence-electron chi connectivity index (χ4n) is 3.15. The van der Waals surface area contributed by atoms with Crippen molar-refractivity contribution in [3.05, 3.63) is 76.7 Å². The van der Waals surface area contributed by atoms with E-state index in [0.717, 1.165) is 16.7 Å². The SMILES string of the molecule is C=CCc1cc(/C=C2/SC(=S)N(CC)C2=O)cc(OCC)c1OCc1ccccc1. The first-order chi connectivity index (χ1) is 14.6. The first-order valence-corrected chi connectivity index (χ1v) is 11.1. The molecule has 6 heteroatoms. The van der Waals surface area contributed by atoms with Gasteiger partial charge in [0.2, 0.25) is 0 Å². The van der Waals surface area contributed by atoms with Gasteiger partial charge in [-0.05, 0) is 49.6 Å². The Balaban J connectivity index is 1.96. The van der Waals surface area contributed by atoms with Gasteiger partial charge in [-0.3, -0.25) is 9.69 Å². The molecule has 0 aliphatic carbocycles. The van der Waals surface area contributed by atoms with E-state index in [4.69, 9.17) is 21.7 Å². The molecule has 0 N–H and O–H groups in total. The van der Waals surface area contributed by atoms with E-state index in [0.29, 0.717) is 46.9 Å². The molecule has 0 aromatic heterocycles. The third-order valence-electron chi connectivity index (χ3n) is 4.53. The number of carbonyl (C=O) groups excluding carboxylic acids is 1. The van der Waals surface area contributed by atoms with Crippen molar-refractivity contribution >= 4 is 40.3 Å². The van der Waals surface area contributed by atoms with Gasteiger partial charge in [0.05, 0.1) is 11.5 Å². The lowest BCUT2D eigenvalue weighted by molar-refractivity contribution is -0.121. The van der Waals surface area contributed by atoms with Crippen LogP contribution in [0.1, 0.15) is 30.5 Å². The van der Waals surface area contributed by atoms with Crippen LogP contribution in [0.15, 0.2) is 60.0 Å². The number of benzene rings is 2. The van der Waals surface area contributed by atoms with E-state index in [9.17, 15) is 4.79 Å². The third kappa shape index (κ3) is 5.12. The maximum absolute atomic E-state index is 12.6. The summed E-state index contributed by atoms with van der Waals surface area (Å²) in [7, 11) is 0. The summed E-state index contributed by atoms with van der Waals surface area (Å²) in [6, 6.07) is 13.9. The van der Waals surface area contributed by atoms with Gasteiger partial charge in [-0.15, -0.1) is 6.58 Å². The zero-order valence-corrected chi connectivity index (χ0v) is 18.9. The molecule has 1 aliphatic rings. The van der Waals surface area contributed by atoms with Crippen LogP contribution >= 0.6 is 24.0 Å². The minimum Gasteiger partial charge on any atom is -0.490 e. The lowest BCUT2D eigenvalue weighted by Gasteiger charge is -2.17. The van der Waals surface area contributed by atoms with E-state index in [1.54, 1.807) is 4.90 Å². The smallest absolute Gasteiger partial charge is 0.266 e. The number of thiocarbonyl (C=S) groups is 1. The molecule has 156 valence electrons. The van der Waals surface area contributed by atoms with E-state index in [1.165, 1.54) is 11.8 Å². The van der Waals surface area contributed by atoms with Gasteiger partial charge in [-0.1, -0.05) is 60.4 Å².